The molecule has 1 aliphatic rings. The molecule has 2 rings (SSSR count). The summed E-state index contributed by atoms with van der Waals surface area (Å²) in [6.07, 6.45) is 1.12. The van der Waals surface area contributed by atoms with E-state index < -0.39 is 0 Å². The standard InChI is InChI=1S/C17H24O4/c1-4-17(5-2)16(15(12-20-17)21-13(3)18)19-11-14-9-7-6-8-10-14/h6-10,15-16H,4-5,11-12H2,1-3H3/t15?,16-/m0/s1. The molecule has 0 N–H and O–H groups in total. The zero-order valence-corrected chi connectivity index (χ0v) is 13.0. The molecule has 21 heavy (non-hydrogen) atoms. The molecular formula is C17H24O4. The predicted molar refractivity (Wildman–Crippen MR) is 79.8 cm³/mol. The molecule has 0 radical (unpaired) electrons. The van der Waals surface area contributed by atoms with Gasteiger partial charge in [0.1, 0.15) is 6.10 Å². The molecule has 116 valence electrons. The highest BCUT2D eigenvalue weighted by atomic mass is 16.6. The van der Waals surface area contributed by atoms with Gasteiger partial charge in [-0.25, -0.2) is 0 Å². The highest BCUT2D eigenvalue weighted by Crippen LogP contribution is 2.37. The van der Waals surface area contributed by atoms with Crippen LogP contribution in [0.25, 0.3) is 0 Å². The number of rotatable bonds is 6. The lowest BCUT2D eigenvalue weighted by Gasteiger charge is -2.33. The van der Waals surface area contributed by atoms with Gasteiger partial charge in [-0.2, -0.15) is 0 Å². The van der Waals surface area contributed by atoms with Gasteiger partial charge in [0.05, 0.1) is 18.8 Å². The van der Waals surface area contributed by atoms with E-state index in [9.17, 15) is 4.79 Å². The van der Waals surface area contributed by atoms with E-state index in [1.165, 1.54) is 6.92 Å². The summed E-state index contributed by atoms with van der Waals surface area (Å²) < 4.78 is 17.4. The van der Waals surface area contributed by atoms with Crippen molar-refractivity contribution < 1.29 is 19.0 Å². The average Bonchev–Trinajstić information content (AvgIpc) is 2.84. The molecule has 1 unspecified atom stereocenters. The van der Waals surface area contributed by atoms with Gasteiger partial charge >= 0.3 is 5.97 Å². The highest BCUT2D eigenvalue weighted by molar-refractivity contribution is 5.66. The Morgan fingerprint density at radius 2 is 1.95 bits per heavy atom. The summed E-state index contributed by atoms with van der Waals surface area (Å²) in [5.74, 6) is -0.292. The molecular weight excluding hydrogens is 268 g/mol. The molecule has 1 fully saturated rings. The highest BCUT2D eigenvalue weighted by Gasteiger charge is 2.50. The lowest BCUT2D eigenvalue weighted by molar-refractivity contribution is -0.155. The van der Waals surface area contributed by atoms with Crippen molar-refractivity contribution in [2.45, 2.75) is 58.0 Å². The van der Waals surface area contributed by atoms with Gasteiger partial charge in [-0.15, -0.1) is 0 Å². The molecule has 2 atom stereocenters. The molecule has 0 saturated carbocycles. The van der Waals surface area contributed by atoms with Crippen molar-refractivity contribution >= 4 is 5.97 Å². The molecule has 1 saturated heterocycles. The van der Waals surface area contributed by atoms with Crippen molar-refractivity contribution in [2.24, 2.45) is 0 Å². The van der Waals surface area contributed by atoms with Crippen LogP contribution < -0.4 is 0 Å². The third kappa shape index (κ3) is 3.63. The first-order chi connectivity index (χ1) is 10.1. The first kappa shape index (κ1) is 16.0. The molecule has 1 aromatic rings. The Hall–Kier alpha value is -1.39. The summed E-state index contributed by atoms with van der Waals surface area (Å²) >= 11 is 0. The molecule has 0 aromatic heterocycles. The van der Waals surface area contributed by atoms with Gasteiger partial charge < -0.3 is 14.2 Å². The van der Waals surface area contributed by atoms with Gasteiger partial charge in [-0.1, -0.05) is 44.2 Å². The van der Waals surface area contributed by atoms with Crippen molar-refractivity contribution in [2.75, 3.05) is 6.61 Å². The van der Waals surface area contributed by atoms with Gasteiger partial charge in [-0.3, -0.25) is 4.79 Å². The number of ether oxygens (including phenoxy) is 3. The normalized spacial score (nSPS) is 24.0. The van der Waals surface area contributed by atoms with Crippen LogP contribution in [0.15, 0.2) is 30.3 Å². The maximum Gasteiger partial charge on any atom is 0.303 e. The number of hydrogen-bond donors (Lipinski definition) is 0. The van der Waals surface area contributed by atoms with Gasteiger partial charge in [0.15, 0.2) is 6.10 Å². The van der Waals surface area contributed by atoms with E-state index in [1.54, 1.807) is 0 Å². The summed E-state index contributed by atoms with van der Waals surface area (Å²) in [5.41, 5.74) is 0.738. The minimum atomic E-state index is -0.366. The number of hydrogen-bond acceptors (Lipinski definition) is 4. The molecule has 4 heteroatoms. The van der Waals surface area contributed by atoms with Crippen molar-refractivity contribution in [3.05, 3.63) is 35.9 Å². The summed E-state index contributed by atoms with van der Waals surface area (Å²) in [6.45, 7) is 6.48. The summed E-state index contributed by atoms with van der Waals surface area (Å²) in [5, 5.41) is 0. The molecule has 0 spiro atoms. The topological polar surface area (TPSA) is 44.8 Å². The zero-order valence-electron chi connectivity index (χ0n) is 13.0. The van der Waals surface area contributed by atoms with Gasteiger partial charge in [0, 0.05) is 6.92 Å². The van der Waals surface area contributed by atoms with Crippen LogP contribution in [-0.2, 0) is 25.6 Å². The summed E-state index contributed by atoms with van der Waals surface area (Å²) in [4.78, 5) is 11.3. The molecule has 1 aliphatic heterocycles. The van der Waals surface area contributed by atoms with E-state index in [1.807, 2.05) is 30.3 Å². The minimum Gasteiger partial charge on any atom is -0.457 e. The molecule has 0 amide bonds. The van der Waals surface area contributed by atoms with Crippen molar-refractivity contribution in [1.29, 1.82) is 0 Å². The molecule has 1 aromatic carbocycles. The van der Waals surface area contributed by atoms with Crippen LogP contribution in [0.3, 0.4) is 0 Å². The molecule has 1 heterocycles. The van der Waals surface area contributed by atoms with E-state index in [0.717, 1.165) is 18.4 Å². The van der Waals surface area contributed by atoms with Crippen molar-refractivity contribution in [3.8, 4) is 0 Å². The lowest BCUT2D eigenvalue weighted by atomic mass is 9.89. The molecule has 0 aliphatic carbocycles. The van der Waals surface area contributed by atoms with Crippen LogP contribution >= 0.6 is 0 Å². The minimum absolute atomic E-state index is 0.225. The second kappa shape index (κ2) is 7.05. The number of esters is 1. The Bertz CT molecular complexity index is 453. The Balaban J connectivity index is 2.10. The summed E-state index contributed by atoms with van der Waals surface area (Å²) in [7, 11) is 0. The second-order valence-electron chi connectivity index (χ2n) is 5.45. The first-order valence-corrected chi connectivity index (χ1v) is 7.58. The molecule has 0 bridgehead atoms. The van der Waals surface area contributed by atoms with Gasteiger partial charge in [0.25, 0.3) is 0 Å². The fourth-order valence-electron chi connectivity index (χ4n) is 2.94. The fraction of sp³-hybridized carbons (Fsp3) is 0.588. The van der Waals surface area contributed by atoms with Crippen LogP contribution in [0.2, 0.25) is 0 Å². The Morgan fingerprint density at radius 3 is 2.52 bits per heavy atom. The monoisotopic (exact) mass is 292 g/mol. The van der Waals surface area contributed by atoms with Crippen LogP contribution in [0, 0.1) is 0 Å². The quantitative estimate of drug-likeness (QED) is 0.756. The van der Waals surface area contributed by atoms with E-state index in [2.05, 4.69) is 13.8 Å². The van der Waals surface area contributed by atoms with E-state index in [4.69, 9.17) is 14.2 Å². The number of carbonyl (C=O) groups excluding carboxylic acids is 1. The fourth-order valence-corrected chi connectivity index (χ4v) is 2.94. The first-order valence-electron chi connectivity index (χ1n) is 7.58. The lowest BCUT2D eigenvalue weighted by Crippen LogP contribution is -2.45. The van der Waals surface area contributed by atoms with E-state index in [0.29, 0.717) is 13.2 Å². The van der Waals surface area contributed by atoms with E-state index in [-0.39, 0.29) is 23.8 Å². The number of carbonyl (C=O) groups is 1. The maximum atomic E-state index is 11.3. The van der Waals surface area contributed by atoms with E-state index >= 15 is 0 Å². The Labute approximate surface area is 126 Å². The van der Waals surface area contributed by atoms with Crippen molar-refractivity contribution in [1.82, 2.24) is 0 Å². The average molecular weight is 292 g/mol. The van der Waals surface area contributed by atoms with Gasteiger partial charge in [-0.05, 0) is 18.4 Å². The SMILES string of the molecule is CCC1(CC)OCC(OC(C)=O)[C@@H]1OCc1ccccc1. The van der Waals surface area contributed by atoms with Crippen LogP contribution in [0.1, 0.15) is 39.2 Å². The Morgan fingerprint density at radius 1 is 1.29 bits per heavy atom. The predicted octanol–water partition coefficient (Wildman–Crippen LogP) is 3.09. The zero-order chi connectivity index (χ0) is 15.3. The Kier molecular flexibility index (Phi) is 5.37. The summed E-state index contributed by atoms with van der Waals surface area (Å²) in [6, 6.07) is 10.00. The third-order valence-corrected chi connectivity index (χ3v) is 4.18. The smallest absolute Gasteiger partial charge is 0.303 e. The van der Waals surface area contributed by atoms with Crippen LogP contribution in [0.4, 0.5) is 0 Å². The molecule has 4 nitrogen and oxygen atoms in total. The number of benzene rings is 1. The van der Waals surface area contributed by atoms with Crippen molar-refractivity contribution in [3.63, 3.8) is 0 Å². The maximum absolute atomic E-state index is 11.3. The van der Waals surface area contributed by atoms with Crippen LogP contribution in [-0.4, -0.2) is 30.4 Å². The van der Waals surface area contributed by atoms with Crippen LogP contribution in [0.5, 0.6) is 0 Å². The van der Waals surface area contributed by atoms with Gasteiger partial charge in [0.2, 0.25) is 0 Å². The largest absolute Gasteiger partial charge is 0.457 e. The third-order valence-electron chi connectivity index (χ3n) is 4.18. The second-order valence-corrected chi connectivity index (χ2v) is 5.45.